The van der Waals surface area contributed by atoms with Crippen LogP contribution in [-0.4, -0.2) is 66.9 Å². The van der Waals surface area contributed by atoms with Gasteiger partial charge in [-0.25, -0.2) is 14.8 Å². The summed E-state index contributed by atoms with van der Waals surface area (Å²) in [7, 11) is 1.53. The molecule has 1 aromatic rings. The van der Waals surface area contributed by atoms with Crippen LogP contribution in [0.1, 0.15) is 10.4 Å². The lowest BCUT2D eigenvalue weighted by Crippen LogP contribution is -2.50. The molecule has 0 unspecified atom stereocenters. The van der Waals surface area contributed by atoms with E-state index in [0.717, 1.165) is 0 Å². The van der Waals surface area contributed by atoms with Gasteiger partial charge in [0, 0.05) is 31.8 Å². The monoisotopic (exact) mass is 373 g/mol. The number of hydrogen-bond donors (Lipinski definition) is 2. The van der Waals surface area contributed by atoms with E-state index in [4.69, 9.17) is 4.74 Å². The Morgan fingerprint density at radius 2 is 1.93 bits per heavy atom. The van der Waals surface area contributed by atoms with Crippen molar-refractivity contribution in [2.75, 3.05) is 33.4 Å². The van der Waals surface area contributed by atoms with Crippen LogP contribution in [0.5, 0.6) is 0 Å². The van der Waals surface area contributed by atoms with E-state index in [1.54, 1.807) is 35.3 Å². The molecule has 2 aliphatic heterocycles. The number of aliphatic imine (C=N–C) groups is 1. The number of morpholine rings is 1. The Hall–Kier alpha value is -3.08. The van der Waals surface area contributed by atoms with Gasteiger partial charge < -0.3 is 9.57 Å². The number of rotatable bonds is 4. The highest BCUT2D eigenvalue weighted by Crippen LogP contribution is 2.10. The molecule has 0 spiro atoms. The highest BCUT2D eigenvalue weighted by Gasteiger charge is 2.27. The predicted octanol–water partition coefficient (Wildman–Crippen LogP) is -0.577. The van der Waals surface area contributed by atoms with Gasteiger partial charge in [0.1, 0.15) is 11.4 Å². The smallest absolute Gasteiger partial charge is 0.376 e. The molecule has 142 valence electrons. The second kappa shape index (κ2) is 8.54. The van der Waals surface area contributed by atoms with Gasteiger partial charge in [-0.1, -0.05) is 23.8 Å². The van der Waals surface area contributed by atoms with Crippen molar-refractivity contribution in [1.82, 2.24) is 21.0 Å². The largest absolute Gasteiger partial charge is 0.379 e. The molecule has 3 rings (SSSR count). The molecule has 2 saturated heterocycles. The van der Waals surface area contributed by atoms with Gasteiger partial charge >= 0.3 is 5.97 Å². The van der Waals surface area contributed by atoms with E-state index in [-0.39, 0.29) is 11.4 Å². The third-order valence-corrected chi connectivity index (χ3v) is 3.87. The normalized spacial score (nSPS) is 19.9. The fraction of sp³-hybridized carbons (Fsp3) is 0.294. The van der Waals surface area contributed by atoms with Crippen molar-refractivity contribution in [2.45, 2.75) is 0 Å². The van der Waals surface area contributed by atoms with E-state index >= 15 is 0 Å². The molecule has 2 heterocycles. The lowest BCUT2D eigenvalue weighted by Gasteiger charge is -2.26. The number of hydrazine groups is 2. The molecule has 0 bridgehead atoms. The van der Waals surface area contributed by atoms with Crippen molar-refractivity contribution in [3.8, 4) is 0 Å². The zero-order valence-electron chi connectivity index (χ0n) is 14.7. The Balaban J connectivity index is 1.87. The van der Waals surface area contributed by atoms with Gasteiger partial charge in [0.2, 0.25) is 0 Å². The van der Waals surface area contributed by atoms with E-state index in [1.165, 1.54) is 18.1 Å². The van der Waals surface area contributed by atoms with Crippen molar-refractivity contribution in [3.05, 3.63) is 47.7 Å². The Morgan fingerprint density at radius 1 is 1.22 bits per heavy atom. The minimum Gasteiger partial charge on any atom is -0.379 e. The van der Waals surface area contributed by atoms with Crippen LogP contribution in [-0.2, 0) is 19.2 Å². The van der Waals surface area contributed by atoms with Gasteiger partial charge in [0.05, 0.1) is 13.2 Å². The minimum atomic E-state index is -0.684. The highest BCUT2D eigenvalue weighted by molar-refractivity contribution is 6.45. The second-order valence-electron chi connectivity index (χ2n) is 5.78. The van der Waals surface area contributed by atoms with Crippen molar-refractivity contribution in [2.24, 2.45) is 4.99 Å². The number of amides is 2. The molecule has 0 saturated carbocycles. The van der Waals surface area contributed by atoms with Crippen LogP contribution in [0, 0.1) is 0 Å². The number of carbonyl (C=O) groups is 3. The Morgan fingerprint density at radius 3 is 2.56 bits per heavy atom. The Labute approximate surface area is 155 Å². The molecule has 2 aliphatic rings. The number of nitrogens with zero attached hydrogens (tertiary/aromatic N) is 3. The fourth-order valence-corrected chi connectivity index (χ4v) is 2.41. The van der Waals surface area contributed by atoms with E-state index in [2.05, 4.69) is 20.8 Å². The van der Waals surface area contributed by atoms with Crippen molar-refractivity contribution < 1.29 is 24.0 Å². The summed E-state index contributed by atoms with van der Waals surface area (Å²) in [6.07, 6.45) is 1.21. The summed E-state index contributed by atoms with van der Waals surface area (Å²) in [5.74, 6) is -1.89. The van der Waals surface area contributed by atoms with Crippen LogP contribution >= 0.6 is 0 Å². The zero-order chi connectivity index (χ0) is 19.2. The molecule has 2 amide bonds. The highest BCUT2D eigenvalue weighted by atomic mass is 16.7. The van der Waals surface area contributed by atoms with E-state index < -0.39 is 17.8 Å². The molecule has 0 aromatic heterocycles. The maximum Gasteiger partial charge on any atom is 0.376 e. The number of carbonyl (C=O) groups excluding carboxylic acids is 3. The van der Waals surface area contributed by atoms with Gasteiger partial charge in [0.15, 0.2) is 0 Å². The number of ether oxygens (including phenoxy) is 1. The molecule has 0 radical (unpaired) electrons. The summed E-state index contributed by atoms with van der Waals surface area (Å²) in [6.45, 7) is 1.98. The average molecular weight is 373 g/mol. The number of nitrogens with one attached hydrogen (secondary N) is 2. The molecule has 0 atom stereocenters. The molecule has 10 heteroatoms. The van der Waals surface area contributed by atoms with Crippen LogP contribution in [0.4, 0.5) is 0 Å². The van der Waals surface area contributed by atoms with Gasteiger partial charge in [0.25, 0.3) is 11.8 Å². The topological polar surface area (TPSA) is 113 Å². The summed E-state index contributed by atoms with van der Waals surface area (Å²) >= 11 is 0. The average Bonchev–Trinajstić information content (AvgIpc) is 3.00. The van der Waals surface area contributed by atoms with Gasteiger partial charge in [-0.05, 0) is 12.1 Å². The van der Waals surface area contributed by atoms with Crippen LogP contribution in [0.25, 0.3) is 0 Å². The Bertz CT molecular complexity index is 786. The molecule has 2 fully saturated rings. The first-order valence-electron chi connectivity index (χ1n) is 8.28. The standard InChI is InChI=1S/C17H19N5O5/c1-21-14(17(25)27-20-21)11-13(16(24)19-22-7-9-26-10-8-22)18-15(23)12-5-3-2-4-6-12/h2-6,11,20H,7-10H2,1H3,(H,19,24)/b14-11+,18-13?. The summed E-state index contributed by atoms with van der Waals surface area (Å²) in [5.41, 5.74) is 5.19. The third-order valence-electron chi connectivity index (χ3n) is 3.87. The fourth-order valence-electron chi connectivity index (χ4n) is 2.41. The lowest BCUT2D eigenvalue weighted by atomic mass is 10.2. The first kappa shape index (κ1) is 18.7. The molecule has 1 aromatic carbocycles. The van der Waals surface area contributed by atoms with Crippen LogP contribution in [0.2, 0.25) is 0 Å². The number of benzene rings is 1. The second-order valence-corrected chi connectivity index (χ2v) is 5.78. The van der Waals surface area contributed by atoms with Gasteiger partial charge in [-0.2, -0.15) is 0 Å². The SMILES string of the molecule is CN1NOC(=O)/C1=C\C(=NC(=O)c1ccccc1)C(=O)NN1CCOCC1. The maximum atomic E-state index is 12.7. The maximum absolute atomic E-state index is 12.7. The predicted molar refractivity (Wildman–Crippen MR) is 93.8 cm³/mol. The van der Waals surface area contributed by atoms with Crippen LogP contribution < -0.4 is 11.0 Å². The van der Waals surface area contributed by atoms with Crippen LogP contribution in [0.15, 0.2) is 47.1 Å². The summed E-state index contributed by atoms with van der Waals surface area (Å²) in [4.78, 5) is 45.5. The summed E-state index contributed by atoms with van der Waals surface area (Å²) in [6, 6.07) is 8.34. The first-order chi connectivity index (χ1) is 13.0. The Kier molecular flexibility index (Phi) is 5.91. The summed E-state index contributed by atoms with van der Waals surface area (Å²) in [5, 5.41) is 2.95. The quantitative estimate of drug-likeness (QED) is 0.533. The number of likely N-dealkylation sites (N-methyl/N-ethyl adjacent to an activating group) is 1. The van der Waals surface area contributed by atoms with Crippen LogP contribution in [0.3, 0.4) is 0 Å². The molecule has 2 N–H and O–H groups in total. The molecular weight excluding hydrogens is 354 g/mol. The molecular formula is C17H19N5O5. The van der Waals surface area contributed by atoms with Gasteiger partial charge in [-0.15, -0.1) is 0 Å². The number of hydrogen-bond acceptors (Lipinski definition) is 8. The van der Waals surface area contributed by atoms with Crippen molar-refractivity contribution in [3.63, 3.8) is 0 Å². The van der Waals surface area contributed by atoms with E-state index in [0.29, 0.717) is 31.9 Å². The molecule has 10 nitrogen and oxygen atoms in total. The summed E-state index contributed by atoms with van der Waals surface area (Å²) < 4.78 is 5.23. The zero-order valence-corrected chi connectivity index (χ0v) is 14.7. The molecule has 0 aliphatic carbocycles. The van der Waals surface area contributed by atoms with Crippen molar-refractivity contribution in [1.29, 1.82) is 0 Å². The minimum absolute atomic E-state index is 0.0479. The van der Waals surface area contributed by atoms with Gasteiger partial charge in [-0.3, -0.25) is 20.0 Å². The van der Waals surface area contributed by atoms with E-state index in [1.807, 2.05) is 0 Å². The molecule has 27 heavy (non-hydrogen) atoms. The van der Waals surface area contributed by atoms with Crippen molar-refractivity contribution >= 4 is 23.5 Å². The lowest BCUT2D eigenvalue weighted by molar-refractivity contribution is -0.142. The first-order valence-corrected chi connectivity index (χ1v) is 8.28. The third kappa shape index (κ3) is 4.76. The van der Waals surface area contributed by atoms with E-state index in [9.17, 15) is 14.4 Å².